The molecular weight excluding hydrogens is 268 g/mol. The minimum Gasteiger partial charge on any atom is -0.481 e. The maximum atomic E-state index is 12.2. The SMILES string of the molecule is CC(CN(C)C(=O)NC1CC2CC1C1CCCC21)C(=O)O. The number of amides is 2. The van der Waals surface area contributed by atoms with Crippen molar-refractivity contribution >= 4 is 12.0 Å². The van der Waals surface area contributed by atoms with Crippen LogP contribution in [0.15, 0.2) is 0 Å². The lowest BCUT2D eigenvalue weighted by atomic mass is 9.79. The first-order valence-electron chi connectivity index (χ1n) is 8.21. The van der Waals surface area contributed by atoms with E-state index < -0.39 is 11.9 Å². The van der Waals surface area contributed by atoms with Crippen LogP contribution in [-0.4, -0.2) is 41.6 Å². The molecule has 6 unspecified atom stereocenters. The van der Waals surface area contributed by atoms with E-state index in [-0.39, 0.29) is 12.6 Å². The molecule has 2 bridgehead atoms. The summed E-state index contributed by atoms with van der Waals surface area (Å²) in [6.45, 7) is 1.89. The molecule has 2 amide bonds. The van der Waals surface area contributed by atoms with Gasteiger partial charge < -0.3 is 15.3 Å². The van der Waals surface area contributed by atoms with Crippen molar-refractivity contribution in [2.45, 2.75) is 45.1 Å². The van der Waals surface area contributed by atoms with Gasteiger partial charge in [0.05, 0.1) is 5.92 Å². The van der Waals surface area contributed by atoms with Crippen LogP contribution in [0.2, 0.25) is 0 Å². The summed E-state index contributed by atoms with van der Waals surface area (Å²) in [5.41, 5.74) is 0. The topological polar surface area (TPSA) is 69.6 Å². The summed E-state index contributed by atoms with van der Waals surface area (Å²) < 4.78 is 0. The summed E-state index contributed by atoms with van der Waals surface area (Å²) in [6.07, 6.45) is 6.50. The van der Waals surface area contributed by atoms with E-state index in [0.717, 1.165) is 24.2 Å². The number of urea groups is 1. The number of carboxylic acids is 1. The molecule has 0 aromatic carbocycles. The molecule has 118 valence electrons. The molecule has 3 aliphatic rings. The molecular formula is C16H26N2O3. The molecule has 0 radical (unpaired) electrons. The highest BCUT2D eigenvalue weighted by Crippen LogP contribution is 2.58. The van der Waals surface area contributed by atoms with E-state index in [0.29, 0.717) is 12.0 Å². The zero-order valence-corrected chi connectivity index (χ0v) is 12.9. The number of carbonyl (C=O) groups excluding carboxylic acids is 1. The van der Waals surface area contributed by atoms with Gasteiger partial charge in [0, 0.05) is 19.6 Å². The highest BCUT2D eigenvalue weighted by Gasteiger charge is 2.54. The fourth-order valence-electron chi connectivity index (χ4n) is 5.07. The molecule has 21 heavy (non-hydrogen) atoms. The Kier molecular flexibility index (Phi) is 3.84. The third kappa shape index (κ3) is 2.62. The number of nitrogens with zero attached hydrogens (tertiary/aromatic N) is 1. The van der Waals surface area contributed by atoms with Crippen molar-refractivity contribution in [3.63, 3.8) is 0 Å². The van der Waals surface area contributed by atoms with Crippen molar-refractivity contribution in [2.24, 2.45) is 29.6 Å². The van der Waals surface area contributed by atoms with Crippen molar-refractivity contribution in [3.05, 3.63) is 0 Å². The largest absolute Gasteiger partial charge is 0.481 e. The second kappa shape index (κ2) is 5.50. The summed E-state index contributed by atoms with van der Waals surface area (Å²) in [5, 5.41) is 12.1. The number of nitrogens with one attached hydrogen (secondary N) is 1. The first kappa shape index (κ1) is 14.7. The van der Waals surface area contributed by atoms with Crippen LogP contribution in [-0.2, 0) is 4.79 Å². The predicted octanol–water partition coefficient (Wildman–Crippen LogP) is 2.17. The normalized spacial score (nSPS) is 38.1. The second-order valence-corrected chi connectivity index (χ2v) is 7.33. The zero-order chi connectivity index (χ0) is 15.1. The minimum absolute atomic E-state index is 0.116. The Bertz CT molecular complexity index is 439. The van der Waals surface area contributed by atoms with Gasteiger partial charge in [0.15, 0.2) is 0 Å². The molecule has 3 saturated carbocycles. The van der Waals surface area contributed by atoms with Gasteiger partial charge in [-0.15, -0.1) is 0 Å². The van der Waals surface area contributed by atoms with Crippen LogP contribution in [0.1, 0.15) is 39.0 Å². The Morgan fingerprint density at radius 1 is 1.24 bits per heavy atom. The molecule has 3 rings (SSSR count). The van der Waals surface area contributed by atoms with Gasteiger partial charge in [0.2, 0.25) is 0 Å². The molecule has 2 N–H and O–H groups in total. The third-order valence-electron chi connectivity index (χ3n) is 6.05. The van der Waals surface area contributed by atoms with Crippen LogP contribution in [0.25, 0.3) is 0 Å². The van der Waals surface area contributed by atoms with Gasteiger partial charge in [-0.25, -0.2) is 4.79 Å². The summed E-state index contributed by atoms with van der Waals surface area (Å²) in [4.78, 5) is 24.6. The predicted molar refractivity (Wildman–Crippen MR) is 78.8 cm³/mol. The van der Waals surface area contributed by atoms with Crippen LogP contribution in [0.4, 0.5) is 4.79 Å². The number of hydrogen-bond acceptors (Lipinski definition) is 2. The summed E-state index contributed by atoms with van der Waals surface area (Å²) in [5.74, 6) is 1.85. The van der Waals surface area contributed by atoms with E-state index in [1.165, 1.54) is 30.6 Å². The fourth-order valence-corrected chi connectivity index (χ4v) is 5.07. The average molecular weight is 294 g/mol. The van der Waals surface area contributed by atoms with E-state index in [1.54, 1.807) is 14.0 Å². The average Bonchev–Trinajstić information content (AvgIpc) is 3.09. The van der Waals surface area contributed by atoms with Gasteiger partial charge in [0.1, 0.15) is 0 Å². The van der Waals surface area contributed by atoms with Gasteiger partial charge in [-0.05, 0) is 49.4 Å². The number of carbonyl (C=O) groups is 2. The van der Waals surface area contributed by atoms with Crippen molar-refractivity contribution in [1.82, 2.24) is 10.2 Å². The quantitative estimate of drug-likeness (QED) is 0.835. The molecule has 0 heterocycles. The number of hydrogen-bond donors (Lipinski definition) is 2. The fraction of sp³-hybridized carbons (Fsp3) is 0.875. The third-order valence-corrected chi connectivity index (χ3v) is 6.05. The second-order valence-electron chi connectivity index (χ2n) is 7.33. The molecule has 5 heteroatoms. The Morgan fingerprint density at radius 2 is 1.95 bits per heavy atom. The number of carboxylic acid groups (broad SMARTS) is 1. The van der Waals surface area contributed by atoms with E-state index in [1.807, 2.05) is 0 Å². The summed E-state index contributed by atoms with van der Waals surface area (Å²) >= 11 is 0. The molecule has 3 aliphatic carbocycles. The van der Waals surface area contributed by atoms with Crippen molar-refractivity contribution in [3.8, 4) is 0 Å². The van der Waals surface area contributed by atoms with Crippen molar-refractivity contribution in [1.29, 1.82) is 0 Å². The van der Waals surface area contributed by atoms with E-state index in [4.69, 9.17) is 5.11 Å². The molecule has 3 fully saturated rings. The molecule has 0 saturated heterocycles. The standard InChI is InChI=1S/C16H26N2O3/c1-9(15(19)20)8-18(2)16(21)17-14-7-10-6-13(14)12-5-3-4-11(10)12/h9-14H,3-8H2,1-2H3,(H,17,21)(H,19,20). The van der Waals surface area contributed by atoms with Crippen LogP contribution >= 0.6 is 0 Å². The lowest BCUT2D eigenvalue weighted by Gasteiger charge is -2.33. The van der Waals surface area contributed by atoms with Crippen LogP contribution in [0.5, 0.6) is 0 Å². The molecule has 0 spiro atoms. The summed E-state index contributed by atoms with van der Waals surface area (Å²) in [7, 11) is 1.68. The molecule has 5 nitrogen and oxygen atoms in total. The van der Waals surface area contributed by atoms with Gasteiger partial charge in [-0.3, -0.25) is 4.79 Å². The molecule has 0 aromatic heterocycles. The number of fused-ring (bicyclic) bond motifs is 5. The maximum Gasteiger partial charge on any atom is 0.317 e. The highest BCUT2D eigenvalue weighted by atomic mass is 16.4. The number of aliphatic carboxylic acids is 1. The Balaban J connectivity index is 1.53. The number of rotatable bonds is 4. The Morgan fingerprint density at radius 3 is 2.67 bits per heavy atom. The van der Waals surface area contributed by atoms with Gasteiger partial charge in [0.25, 0.3) is 0 Å². The van der Waals surface area contributed by atoms with Crippen molar-refractivity contribution in [2.75, 3.05) is 13.6 Å². The Hall–Kier alpha value is -1.26. The first-order valence-corrected chi connectivity index (χ1v) is 8.21. The van der Waals surface area contributed by atoms with Crippen LogP contribution in [0, 0.1) is 29.6 Å². The van der Waals surface area contributed by atoms with Crippen LogP contribution in [0.3, 0.4) is 0 Å². The van der Waals surface area contributed by atoms with Gasteiger partial charge in [-0.1, -0.05) is 13.3 Å². The van der Waals surface area contributed by atoms with Crippen LogP contribution < -0.4 is 5.32 Å². The zero-order valence-electron chi connectivity index (χ0n) is 12.9. The van der Waals surface area contributed by atoms with E-state index in [2.05, 4.69) is 5.32 Å². The lowest BCUT2D eigenvalue weighted by Crippen LogP contribution is -2.48. The Labute approximate surface area is 126 Å². The summed E-state index contributed by atoms with van der Waals surface area (Å²) in [6, 6.07) is 0.194. The maximum absolute atomic E-state index is 12.2. The molecule has 0 aliphatic heterocycles. The highest BCUT2D eigenvalue weighted by molar-refractivity contribution is 5.76. The van der Waals surface area contributed by atoms with E-state index in [9.17, 15) is 9.59 Å². The van der Waals surface area contributed by atoms with Gasteiger partial charge in [-0.2, -0.15) is 0 Å². The van der Waals surface area contributed by atoms with Crippen molar-refractivity contribution < 1.29 is 14.7 Å². The molecule has 0 aromatic rings. The minimum atomic E-state index is -0.858. The first-order chi connectivity index (χ1) is 9.97. The monoisotopic (exact) mass is 294 g/mol. The lowest BCUT2D eigenvalue weighted by molar-refractivity contribution is -0.141. The smallest absolute Gasteiger partial charge is 0.317 e. The van der Waals surface area contributed by atoms with Gasteiger partial charge >= 0.3 is 12.0 Å². The molecule has 6 atom stereocenters. The van der Waals surface area contributed by atoms with E-state index >= 15 is 0 Å².